The highest BCUT2D eigenvalue weighted by Gasteiger charge is 2.69. The SMILES string of the molecule is O=C(O)CCCN1C(=O)C2C3CC(C2C1=O)C1C3Sc2[nH]c(=O)sc2[C@@H]1c1cc(Br)ccc1OCC(=O)Nc1ccccc1. The number of carbonyl (C=O) groups excluding carboxylic acids is 3. The number of carbonyl (C=O) groups is 4. The molecule has 0 radical (unpaired) electrons. The molecule has 4 aliphatic rings. The Kier molecular flexibility index (Phi) is 7.66. The zero-order valence-corrected chi connectivity index (χ0v) is 26.5. The molecule has 3 N–H and O–H groups in total. The summed E-state index contributed by atoms with van der Waals surface area (Å²) in [6, 6.07) is 14.7. The number of thioether (sulfide) groups is 1. The van der Waals surface area contributed by atoms with Crippen LogP contribution in [0.3, 0.4) is 0 Å². The second-order valence-corrected chi connectivity index (χ2v) is 14.8. The van der Waals surface area contributed by atoms with E-state index in [1.165, 1.54) is 4.90 Å². The zero-order valence-electron chi connectivity index (χ0n) is 23.2. The number of amides is 3. The maximum atomic E-state index is 13.7. The molecule has 6 unspecified atom stereocenters. The number of hydrogen-bond acceptors (Lipinski definition) is 8. The lowest BCUT2D eigenvalue weighted by Gasteiger charge is -2.43. The first kappa shape index (κ1) is 29.3. The standard InChI is InChI=1S/C31H28BrN3O7S2/c32-14-8-9-19(42-13-20(36)33-15-5-2-1-3-6-15)16(11-14)22-23-17-12-18(26(23)43-28-27(22)44-31(41)34-28)25-24(17)29(39)35(30(25)40)10-4-7-21(37)38/h1-3,5-6,8-9,11,17-18,22-26H,4,7,10,12-13H2,(H,33,36)(H,34,41)(H,37,38)/t17?,18?,22-,23?,24?,25?,26?/m1/s1. The van der Waals surface area contributed by atoms with Crippen molar-refractivity contribution in [1.29, 1.82) is 0 Å². The Morgan fingerprint density at radius 1 is 1.07 bits per heavy atom. The fourth-order valence-corrected chi connectivity index (χ4v) is 11.0. The molecule has 228 valence electrons. The van der Waals surface area contributed by atoms with E-state index in [0.29, 0.717) is 11.4 Å². The number of nitrogens with one attached hydrogen (secondary N) is 2. The summed E-state index contributed by atoms with van der Waals surface area (Å²) in [7, 11) is 0. The Labute approximate surface area is 268 Å². The van der Waals surface area contributed by atoms with Crippen LogP contribution in [-0.4, -0.2) is 57.1 Å². The fourth-order valence-electron chi connectivity index (χ4n) is 7.79. The molecule has 44 heavy (non-hydrogen) atoms. The highest BCUT2D eigenvalue weighted by molar-refractivity contribution is 9.10. The molecule has 3 heterocycles. The van der Waals surface area contributed by atoms with Crippen LogP contribution in [0.1, 0.15) is 35.6 Å². The molecule has 2 aromatic carbocycles. The van der Waals surface area contributed by atoms with Crippen molar-refractivity contribution in [3.05, 3.63) is 73.1 Å². The van der Waals surface area contributed by atoms with Gasteiger partial charge in [-0.15, -0.1) is 11.8 Å². The number of H-pyrrole nitrogens is 1. The number of para-hydroxylation sites is 1. The van der Waals surface area contributed by atoms with Gasteiger partial charge in [-0.05, 0) is 60.9 Å². The maximum absolute atomic E-state index is 13.7. The third kappa shape index (κ3) is 4.98. The molecule has 1 saturated heterocycles. The zero-order chi connectivity index (χ0) is 30.7. The van der Waals surface area contributed by atoms with Gasteiger partial charge in [0.15, 0.2) is 6.61 Å². The number of aliphatic carboxylic acids is 1. The van der Waals surface area contributed by atoms with Crippen molar-refractivity contribution in [3.8, 4) is 5.75 Å². The predicted molar refractivity (Wildman–Crippen MR) is 167 cm³/mol. The Bertz CT molecular complexity index is 1730. The maximum Gasteiger partial charge on any atom is 0.305 e. The molecular weight excluding hydrogens is 670 g/mol. The Morgan fingerprint density at radius 3 is 2.57 bits per heavy atom. The topological polar surface area (TPSA) is 146 Å². The fraction of sp³-hybridized carbons (Fsp3) is 0.387. The summed E-state index contributed by atoms with van der Waals surface area (Å²) in [5.41, 5.74) is 1.48. The Morgan fingerprint density at radius 2 is 1.82 bits per heavy atom. The summed E-state index contributed by atoms with van der Waals surface area (Å²) in [6.45, 7) is -0.109. The van der Waals surface area contributed by atoms with E-state index in [4.69, 9.17) is 9.84 Å². The van der Waals surface area contributed by atoms with Crippen molar-refractivity contribution in [2.24, 2.45) is 29.6 Å². The summed E-state index contributed by atoms with van der Waals surface area (Å²) in [5.74, 6) is -2.53. The van der Waals surface area contributed by atoms with Gasteiger partial charge >= 0.3 is 10.8 Å². The van der Waals surface area contributed by atoms with Gasteiger partial charge < -0.3 is 20.1 Å². The second-order valence-electron chi connectivity index (χ2n) is 11.7. The molecule has 1 aromatic heterocycles. The molecule has 3 aromatic rings. The number of imide groups is 1. The lowest BCUT2D eigenvalue weighted by Crippen LogP contribution is -2.42. The number of thiazole rings is 1. The van der Waals surface area contributed by atoms with E-state index in [2.05, 4.69) is 26.2 Å². The van der Waals surface area contributed by atoms with Gasteiger partial charge in [0.25, 0.3) is 5.91 Å². The second kappa shape index (κ2) is 11.5. The minimum Gasteiger partial charge on any atom is -0.483 e. The summed E-state index contributed by atoms with van der Waals surface area (Å²) < 4.78 is 6.95. The van der Waals surface area contributed by atoms with Gasteiger partial charge in [-0.3, -0.25) is 28.9 Å². The number of rotatable bonds is 9. The number of carboxylic acids is 1. The Balaban J connectivity index is 1.21. The first-order chi connectivity index (χ1) is 21.2. The number of carboxylic acid groups (broad SMARTS) is 1. The molecule has 2 saturated carbocycles. The largest absolute Gasteiger partial charge is 0.483 e. The number of hydrogen-bond donors (Lipinski definition) is 3. The molecular formula is C31H28BrN3O7S2. The molecule has 2 aliphatic carbocycles. The number of aromatic nitrogens is 1. The summed E-state index contributed by atoms with van der Waals surface area (Å²) in [4.78, 5) is 68.7. The first-order valence-corrected chi connectivity index (χ1v) is 16.9. The van der Waals surface area contributed by atoms with Crippen LogP contribution in [0, 0.1) is 29.6 Å². The van der Waals surface area contributed by atoms with Crippen LogP contribution in [0.25, 0.3) is 0 Å². The van der Waals surface area contributed by atoms with Crippen molar-refractivity contribution >= 4 is 68.4 Å². The van der Waals surface area contributed by atoms with E-state index in [1.54, 1.807) is 23.9 Å². The van der Waals surface area contributed by atoms with Gasteiger partial charge in [-0.25, -0.2) is 0 Å². The van der Waals surface area contributed by atoms with Crippen LogP contribution in [0.4, 0.5) is 5.69 Å². The van der Waals surface area contributed by atoms with Gasteiger partial charge in [0.2, 0.25) is 11.8 Å². The lowest BCUT2D eigenvalue weighted by molar-refractivity contribution is -0.142. The number of nitrogens with zero attached hydrogens (tertiary/aromatic N) is 1. The van der Waals surface area contributed by atoms with Crippen molar-refractivity contribution in [3.63, 3.8) is 0 Å². The van der Waals surface area contributed by atoms with Crippen molar-refractivity contribution in [2.45, 2.75) is 35.5 Å². The average Bonchev–Trinajstić information content (AvgIpc) is 3.72. The third-order valence-electron chi connectivity index (χ3n) is 9.31. The quantitative estimate of drug-likeness (QED) is 0.276. The molecule has 3 amide bonds. The molecule has 7 atom stereocenters. The van der Waals surface area contributed by atoms with Crippen LogP contribution >= 0.6 is 39.0 Å². The predicted octanol–water partition coefficient (Wildman–Crippen LogP) is 4.55. The van der Waals surface area contributed by atoms with Gasteiger partial charge in [-0.2, -0.15) is 0 Å². The molecule has 2 aliphatic heterocycles. The summed E-state index contributed by atoms with van der Waals surface area (Å²) in [5, 5.41) is 12.7. The van der Waals surface area contributed by atoms with Crippen LogP contribution in [-0.2, 0) is 19.2 Å². The van der Waals surface area contributed by atoms with E-state index in [1.807, 2.05) is 36.4 Å². The smallest absolute Gasteiger partial charge is 0.305 e. The van der Waals surface area contributed by atoms with Gasteiger partial charge in [-0.1, -0.05) is 45.5 Å². The highest BCUT2D eigenvalue weighted by Crippen LogP contribution is 2.69. The lowest BCUT2D eigenvalue weighted by atomic mass is 9.68. The van der Waals surface area contributed by atoms with Gasteiger partial charge in [0.1, 0.15) is 5.75 Å². The number of fused-ring (bicyclic) bond motifs is 9. The van der Waals surface area contributed by atoms with E-state index >= 15 is 0 Å². The average molecular weight is 699 g/mol. The normalized spacial score (nSPS) is 28.0. The van der Waals surface area contributed by atoms with Crippen LogP contribution in [0.5, 0.6) is 5.75 Å². The highest BCUT2D eigenvalue weighted by atomic mass is 79.9. The van der Waals surface area contributed by atoms with Crippen LogP contribution in [0.15, 0.2) is 62.8 Å². The Hall–Kier alpha value is -3.42. The minimum absolute atomic E-state index is 0.00655. The number of benzene rings is 2. The van der Waals surface area contributed by atoms with Gasteiger partial charge in [0.05, 0.1) is 16.9 Å². The number of halogens is 1. The van der Waals surface area contributed by atoms with Crippen molar-refractivity contribution in [1.82, 2.24) is 9.88 Å². The first-order valence-electron chi connectivity index (χ1n) is 14.4. The number of ether oxygens (including phenoxy) is 1. The molecule has 7 rings (SSSR count). The van der Waals surface area contributed by atoms with E-state index in [-0.39, 0.29) is 77.5 Å². The van der Waals surface area contributed by atoms with E-state index in [9.17, 15) is 24.0 Å². The summed E-state index contributed by atoms with van der Waals surface area (Å²) >= 11 is 6.34. The number of anilines is 1. The van der Waals surface area contributed by atoms with E-state index < -0.39 is 17.8 Å². The number of likely N-dealkylation sites (tertiary alicyclic amines) is 1. The van der Waals surface area contributed by atoms with Crippen molar-refractivity contribution in [2.75, 3.05) is 18.5 Å². The van der Waals surface area contributed by atoms with Crippen molar-refractivity contribution < 1.29 is 29.0 Å². The molecule has 13 heteroatoms. The molecule has 0 spiro atoms. The molecule has 3 fully saturated rings. The third-order valence-corrected chi connectivity index (χ3v) is 12.4. The molecule has 2 bridgehead atoms. The van der Waals surface area contributed by atoms with Crippen LogP contribution in [0.2, 0.25) is 0 Å². The molecule has 10 nitrogen and oxygen atoms in total. The van der Waals surface area contributed by atoms with E-state index in [0.717, 1.165) is 37.7 Å². The summed E-state index contributed by atoms with van der Waals surface area (Å²) in [6.07, 6.45) is 0.851. The minimum atomic E-state index is -0.959. The number of aromatic amines is 1. The van der Waals surface area contributed by atoms with Gasteiger partial charge in [0, 0.05) is 44.7 Å². The van der Waals surface area contributed by atoms with Crippen LogP contribution < -0.4 is 14.9 Å². The monoisotopic (exact) mass is 697 g/mol.